The molecule has 1 aromatic rings. The average molecular weight is 287 g/mol. The summed E-state index contributed by atoms with van der Waals surface area (Å²) in [5.41, 5.74) is 0. The fourth-order valence-electron chi connectivity index (χ4n) is 2.57. The molecule has 1 saturated heterocycles. The molecule has 0 spiro atoms. The first-order valence-corrected chi connectivity index (χ1v) is 7.04. The predicted molar refractivity (Wildman–Crippen MR) is 75.0 cm³/mol. The zero-order chi connectivity index (χ0) is 14.7. The van der Waals surface area contributed by atoms with Gasteiger partial charge < -0.3 is 14.4 Å². The lowest BCUT2D eigenvalue weighted by molar-refractivity contribution is -0.142. The number of carbonyl (C=O) groups is 1. The van der Waals surface area contributed by atoms with Crippen LogP contribution in [0.1, 0.15) is 0 Å². The Morgan fingerprint density at radius 3 is 2.67 bits per heavy atom. The van der Waals surface area contributed by atoms with Crippen LogP contribution in [-0.4, -0.2) is 61.1 Å². The van der Waals surface area contributed by atoms with Gasteiger partial charge in [0.15, 0.2) is 11.5 Å². The van der Waals surface area contributed by atoms with Crippen molar-refractivity contribution in [2.45, 2.75) is 6.10 Å². The molecular weight excluding hydrogens is 270 g/mol. The maximum absolute atomic E-state index is 12.5. The van der Waals surface area contributed by atoms with Crippen molar-refractivity contribution < 1.29 is 14.3 Å². The minimum absolute atomic E-state index is 0.0406. The maximum atomic E-state index is 12.5. The van der Waals surface area contributed by atoms with Gasteiger partial charge in [0, 0.05) is 26.2 Å². The number of fused-ring (bicyclic) bond motifs is 1. The highest BCUT2D eigenvalue weighted by Gasteiger charge is 2.32. The van der Waals surface area contributed by atoms with Crippen LogP contribution >= 0.6 is 0 Å². The fourth-order valence-corrected chi connectivity index (χ4v) is 2.57. The van der Waals surface area contributed by atoms with Crippen LogP contribution in [0, 0.1) is 11.3 Å². The van der Waals surface area contributed by atoms with Gasteiger partial charge in [-0.15, -0.1) is 0 Å². The number of amides is 1. The number of benzene rings is 1. The lowest BCUT2D eigenvalue weighted by Crippen LogP contribution is -2.54. The summed E-state index contributed by atoms with van der Waals surface area (Å²) in [5.74, 6) is 1.26. The standard InChI is InChI=1S/C15H17N3O3/c16-5-6-17-7-9-18(10-8-17)15(19)14-11-20-12-3-1-2-4-13(12)21-14/h1-4,14H,6-11H2. The fraction of sp³-hybridized carbons (Fsp3) is 0.467. The molecule has 3 rings (SSSR count). The van der Waals surface area contributed by atoms with Gasteiger partial charge in [-0.25, -0.2) is 0 Å². The van der Waals surface area contributed by atoms with Gasteiger partial charge in [-0.05, 0) is 12.1 Å². The topological polar surface area (TPSA) is 65.8 Å². The van der Waals surface area contributed by atoms with Crippen molar-refractivity contribution in [3.05, 3.63) is 24.3 Å². The quantitative estimate of drug-likeness (QED) is 0.741. The van der Waals surface area contributed by atoms with Crippen LogP contribution in [0.25, 0.3) is 0 Å². The highest BCUT2D eigenvalue weighted by atomic mass is 16.6. The van der Waals surface area contributed by atoms with Gasteiger partial charge in [0.25, 0.3) is 5.91 Å². The van der Waals surface area contributed by atoms with Gasteiger partial charge >= 0.3 is 0 Å². The number of ether oxygens (including phenoxy) is 2. The van der Waals surface area contributed by atoms with E-state index in [1.54, 1.807) is 11.0 Å². The molecule has 6 nitrogen and oxygen atoms in total. The van der Waals surface area contributed by atoms with Gasteiger partial charge in [-0.3, -0.25) is 9.69 Å². The smallest absolute Gasteiger partial charge is 0.267 e. The van der Waals surface area contributed by atoms with Gasteiger partial charge in [0.2, 0.25) is 6.10 Å². The van der Waals surface area contributed by atoms with Crippen molar-refractivity contribution >= 4 is 5.91 Å². The second-order valence-electron chi connectivity index (χ2n) is 5.12. The number of piperazine rings is 1. The number of hydrogen-bond donors (Lipinski definition) is 0. The third kappa shape index (κ3) is 2.93. The third-order valence-corrected chi connectivity index (χ3v) is 3.76. The van der Waals surface area contributed by atoms with Crippen LogP contribution in [0.3, 0.4) is 0 Å². The Balaban J connectivity index is 1.59. The van der Waals surface area contributed by atoms with Crippen LogP contribution in [-0.2, 0) is 4.79 Å². The molecule has 0 aromatic heterocycles. The van der Waals surface area contributed by atoms with Gasteiger partial charge in [0.05, 0.1) is 12.6 Å². The highest BCUT2D eigenvalue weighted by molar-refractivity contribution is 5.82. The van der Waals surface area contributed by atoms with E-state index in [1.165, 1.54) is 0 Å². The van der Waals surface area contributed by atoms with Gasteiger partial charge in [0.1, 0.15) is 6.61 Å². The van der Waals surface area contributed by atoms with Crippen molar-refractivity contribution in [1.29, 1.82) is 5.26 Å². The second kappa shape index (κ2) is 6.02. The van der Waals surface area contributed by atoms with E-state index in [4.69, 9.17) is 14.7 Å². The first-order chi connectivity index (χ1) is 10.3. The van der Waals surface area contributed by atoms with Gasteiger partial charge in [-0.1, -0.05) is 12.1 Å². The second-order valence-corrected chi connectivity index (χ2v) is 5.12. The van der Waals surface area contributed by atoms with Crippen molar-refractivity contribution in [3.8, 4) is 17.6 Å². The van der Waals surface area contributed by atoms with Crippen LogP contribution in [0.5, 0.6) is 11.5 Å². The lowest BCUT2D eigenvalue weighted by Gasteiger charge is -2.36. The summed E-state index contributed by atoms with van der Waals surface area (Å²) in [4.78, 5) is 16.3. The molecule has 0 saturated carbocycles. The summed E-state index contributed by atoms with van der Waals surface area (Å²) < 4.78 is 11.3. The minimum atomic E-state index is -0.581. The summed E-state index contributed by atoms with van der Waals surface area (Å²) in [5, 5.41) is 8.68. The largest absolute Gasteiger partial charge is 0.485 e. The normalized spacial score (nSPS) is 21.7. The molecule has 0 bridgehead atoms. The molecule has 1 fully saturated rings. The minimum Gasteiger partial charge on any atom is -0.485 e. The monoisotopic (exact) mass is 287 g/mol. The Morgan fingerprint density at radius 1 is 1.24 bits per heavy atom. The third-order valence-electron chi connectivity index (χ3n) is 3.76. The predicted octanol–water partition coefficient (Wildman–Crippen LogP) is 0.494. The Bertz CT molecular complexity index is 562. The number of nitriles is 1. The number of hydrogen-bond acceptors (Lipinski definition) is 5. The Hall–Kier alpha value is -2.26. The summed E-state index contributed by atoms with van der Waals surface area (Å²) in [6.07, 6.45) is -0.581. The van der Waals surface area contributed by atoms with Crippen molar-refractivity contribution in [2.75, 3.05) is 39.3 Å². The van der Waals surface area contributed by atoms with E-state index in [0.29, 0.717) is 31.1 Å². The van der Waals surface area contributed by atoms with Crippen LogP contribution < -0.4 is 9.47 Å². The number of nitrogens with zero attached hydrogens (tertiary/aromatic N) is 3. The molecule has 0 radical (unpaired) electrons. The van der Waals surface area contributed by atoms with E-state index in [2.05, 4.69) is 6.07 Å². The van der Waals surface area contributed by atoms with E-state index in [1.807, 2.05) is 23.1 Å². The number of para-hydroxylation sites is 2. The Kier molecular flexibility index (Phi) is 3.93. The van der Waals surface area contributed by atoms with Crippen LogP contribution in [0.4, 0.5) is 0 Å². The van der Waals surface area contributed by atoms with Crippen LogP contribution in [0.15, 0.2) is 24.3 Å². The summed E-state index contributed by atoms with van der Waals surface area (Å²) >= 11 is 0. The SMILES string of the molecule is N#CCN1CCN(C(=O)C2COc3ccccc3O2)CC1. The average Bonchev–Trinajstić information content (AvgIpc) is 2.55. The van der Waals surface area contributed by atoms with Crippen molar-refractivity contribution in [3.63, 3.8) is 0 Å². The molecule has 6 heteroatoms. The van der Waals surface area contributed by atoms with Crippen molar-refractivity contribution in [1.82, 2.24) is 9.80 Å². The summed E-state index contributed by atoms with van der Waals surface area (Å²) in [7, 11) is 0. The van der Waals surface area contributed by atoms with E-state index in [-0.39, 0.29) is 12.5 Å². The Labute approximate surface area is 123 Å². The van der Waals surface area contributed by atoms with E-state index in [0.717, 1.165) is 13.1 Å². The Morgan fingerprint density at radius 2 is 1.95 bits per heavy atom. The number of rotatable bonds is 2. The molecule has 2 aliphatic rings. The molecule has 1 atom stereocenters. The summed E-state index contributed by atoms with van der Waals surface area (Å²) in [6, 6.07) is 9.50. The van der Waals surface area contributed by atoms with Crippen molar-refractivity contribution in [2.24, 2.45) is 0 Å². The zero-order valence-electron chi connectivity index (χ0n) is 11.7. The number of carbonyl (C=O) groups excluding carboxylic acids is 1. The van der Waals surface area contributed by atoms with Gasteiger partial charge in [-0.2, -0.15) is 5.26 Å². The summed E-state index contributed by atoms with van der Waals surface area (Å²) in [6.45, 7) is 3.36. The van der Waals surface area contributed by atoms with E-state index >= 15 is 0 Å². The lowest BCUT2D eigenvalue weighted by atomic mass is 10.2. The van der Waals surface area contributed by atoms with Crippen LogP contribution in [0.2, 0.25) is 0 Å². The first-order valence-electron chi connectivity index (χ1n) is 7.04. The maximum Gasteiger partial charge on any atom is 0.267 e. The van der Waals surface area contributed by atoms with E-state index < -0.39 is 6.10 Å². The molecule has 1 unspecified atom stereocenters. The molecule has 0 N–H and O–H groups in total. The molecule has 1 amide bonds. The molecule has 21 heavy (non-hydrogen) atoms. The molecule has 0 aliphatic carbocycles. The zero-order valence-corrected chi connectivity index (χ0v) is 11.7. The molecule has 2 heterocycles. The molecule has 110 valence electrons. The van der Waals surface area contributed by atoms with E-state index in [9.17, 15) is 4.79 Å². The highest BCUT2D eigenvalue weighted by Crippen LogP contribution is 2.31. The molecular formula is C15H17N3O3. The molecule has 2 aliphatic heterocycles. The molecule has 1 aromatic carbocycles. The first kappa shape index (κ1) is 13.7.